The summed E-state index contributed by atoms with van der Waals surface area (Å²) in [6.45, 7) is 0.575. The van der Waals surface area contributed by atoms with Crippen LogP contribution in [0.4, 0.5) is 0 Å². The van der Waals surface area contributed by atoms with Gasteiger partial charge in [0.2, 0.25) is 5.88 Å². The summed E-state index contributed by atoms with van der Waals surface area (Å²) >= 11 is 0. The topological polar surface area (TPSA) is 52.1 Å². The first kappa shape index (κ1) is 16.1. The molecule has 0 radical (unpaired) electrons. The molecule has 3 aromatic rings. The SMILES string of the molecule is O=CCCCc1ccc(CCOc2ncnc3ccccc23)cc1. The molecule has 0 aliphatic heterocycles. The number of aromatic nitrogens is 2. The van der Waals surface area contributed by atoms with Crippen LogP contribution in [0.25, 0.3) is 10.9 Å². The molecule has 0 N–H and O–H groups in total. The van der Waals surface area contributed by atoms with E-state index in [9.17, 15) is 4.79 Å². The van der Waals surface area contributed by atoms with Crippen molar-refractivity contribution in [3.05, 3.63) is 66.0 Å². The molecule has 122 valence electrons. The van der Waals surface area contributed by atoms with E-state index in [0.717, 1.165) is 36.5 Å². The van der Waals surface area contributed by atoms with Crippen molar-refractivity contribution < 1.29 is 9.53 Å². The second-order valence-corrected chi connectivity index (χ2v) is 5.67. The number of fused-ring (bicyclic) bond motifs is 1. The Morgan fingerprint density at radius 3 is 2.46 bits per heavy atom. The van der Waals surface area contributed by atoms with Gasteiger partial charge in [-0.05, 0) is 36.1 Å². The molecule has 4 nitrogen and oxygen atoms in total. The molecule has 1 aromatic heterocycles. The Hall–Kier alpha value is -2.75. The number of ether oxygens (including phenoxy) is 1. The minimum atomic E-state index is 0.575. The number of benzene rings is 2. The van der Waals surface area contributed by atoms with Gasteiger partial charge in [-0.25, -0.2) is 9.97 Å². The summed E-state index contributed by atoms with van der Waals surface area (Å²) in [5.74, 6) is 0.631. The number of hydrogen-bond donors (Lipinski definition) is 0. The minimum absolute atomic E-state index is 0.575. The van der Waals surface area contributed by atoms with Crippen molar-refractivity contribution in [2.24, 2.45) is 0 Å². The van der Waals surface area contributed by atoms with Crippen molar-refractivity contribution in [1.29, 1.82) is 0 Å². The highest BCUT2D eigenvalue weighted by Crippen LogP contribution is 2.20. The minimum Gasteiger partial charge on any atom is -0.477 e. The lowest BCUT2D eigenvalue weighted by Gasteiger charge is -2.08. The van der Waals surface area contributed by atoms with E-state index in [1.54, 1.807) is 0 Å². The summed E-state index contributed by atoms with van der Waals surface area (Å²) in [4.78, 5) is 18.8. The number of aryl methyl sites for hydroxylation is 1. The smallest absolute Gasteiger partial charge is 0.224 e. The first-order valence-electron chi connectivity index (χ1n) is 8.21. The second kappa shape index (κ2) is 8.20. The summed E-state index contributed by atoms with van der Waals surface area (Å²) in [7, 11) is 0. The van der Waals surface area contributed by atoms with E-state index in [0.29, 0.717) is 18.9 Å². The predicted molar refractivity (Wildman–Crippen MR) is 94.2 cm³/mol. The zero-order chi connectivity index (χ0) is 16.6. The van der Waals surface area contributed by atoms with Crippen LogP contribution >= 0.6 is 0 Å². The van der Waals surface area contributed by atoms with Crippen molar-refractivity contribution in [3.63, 3.8) is 0 Å². The van der Waals surface area contributed by atoms with Crippen LogP contribution in [0.5, 0.6) is 5.88 Å². The van der Waals surface area contributed by atoms with Crippen LogP contribution in [0.15, 0.2) is 54.9 Å². The molecule has 0 spiro atoms. The van der Waals surface area contributed by atoms with Gasteiger partial charge in [-0.15, -0.1) is 0 Å². The average molecular weight is 320 g/mol. The van der Waals surface area contributed by atoms with E-state index in [1.165, 1.54) is 17.5 Å². The monoisotopic (exact) mass is 320 g/mol. The zero-order valence-electron chi connectivity index (χ0n) is 13.5. The molecule has 0 aliphatic carbocycles. The highest BCUT2D eigenvalue weighted by atomic mass is 16.5. The van der Waals surface area contributed by atoms with Gasteiger partial charge in [-0.2, -0.15) is 0 Å². The van der Waals surface area contributed by atoms with E-state index in [4.69, 9.17) is 4.74 Å². The molecule has 0 amide bonds. The van der Waals surface area contributed by atoms with Gasteiger partial charge in [0.25, 0.3) is 0 Å². The standard InChI is InChI=1S/C20H20N2O2/c23-13-4-3-5-16-8-10-17(11-9-16)12-14-24-20-18-6-1-2-7-19(18)21-15-22-20/h1-2,6-11,13,15H,3-5,12,14H2. The molecule has 0 saturated carbocycles. The van der Waals surface area contributed by atoms with Crippen LogP contribution in [0.1, 0.15) is 24.0 Å². The second-order valence-electron chi connectivity index (χ2n) is 5.67. The highest BCUT2D eigenvalue weighted by molar-refractivity contribution is 5.82. The van der Waals surface area contributed by atoms with E-state index < -0.39 is 0 Å². The fourth-order valence-corrected chi connectivity index (χ4v) is 2.62. The van der Waals surface area contributed by atoms with E-state index in [2.05, 4.69) is 34.2 Å². The summed E-state index contributed by atoms with van der Waals surface area (Å²) < 4.78 is 5.84. The van der Waals surface area contributed by atoms with Gasteiger partial charge in [-0.3, -0.25) is 0 Å². The Balaban J connectivity index is 1.55. The number of rotatable bonds is 8. The van der Waals surface area contributed by atoms with E-state index in [1.807, 2.05) is 24.3 Å². The summed E-state index contributed by atoms with van der Waals surface area (Å²) in [5.41, 5.74) is 3.39. The first-order chi connectivity index (χ1) is 11.9. The fourth-order valence-electron chi connectivity index (χ4n) is 2.62. The lowest BCUT2D eigenvalue weighted by atomic mass is 10.1. The van der Waals surface area contributed by atoms with Crippen molar-refractivity contribution in [2.45, 2.75) is 25.7 Å². The molecular formula is C20H20N2O2. The van der Waals surface area contributed by atoms with Crippen molar-refractivity contribution >= 4 is 17.2 Å². The zero-order valence-corrected chi connectivity index (χ0v) is 13.5. The van der Waals surface area contributed by atoms with Gasteiger partial charge in [0, 0.05) is 12.8 Å². The number of para-hydroxylation sites is 1. The number of aldehydes is 1. The van der Waals surface area contributed by atoms with Crippen LogP contribution in [0.3, 0.4) is 0 Å². The van der Waals surface area contributed by atoms with Crippen LogP contribution in [-0.2, 0) is 17.6 Å². The normalized spacial score (nSPS) is 10.7. The van der Waals surface area contributed by atoms with Gasteiger partial charge in [0.1, 0.15) is 12.6 Å². The number of unbranched alkanes of at least 4 members (excludes halogenated alkanes) is 1. The number of nitrogens with zero attached hydrogens (tertiary/aromatic N) is 2. The van der Waals surface area contributed by atoms with Crippen LogP contribution < -0.4 is 4.74 Å². The summed E-state index contributed by atoms with van der Waals surface area (Å²) in [6, 6.07) is 16.3. The maximum Gasteiger partial charge on any atom is 0.224 e. The highest BCUT2D eigenvalue weighted by Gasteiger charge is 2.04. The molecule has 0 aliphatic rings. The molecule has 3 rings (SSSR count). The molecular weight excluding hydrogens is 300 g/mol. The maximum absolute atomic E-state index is 10.3. The van der Waals surface area contributed by atoms with Gasteiger partial charge in [0.15, 0.2) is 0 Å². The molecule has 0 atom stereocenters. The van der Waals surface area contributed by atoms with E-state index >= 15 is 0 Å². The lowest BCUT2D eigenvalue weighted by molar-refractivity contribution is -0.107. The predicted octanol–water partition coefficient (Wildman–Crippen LogP) is 3.77. The third-order valence-electron chi connectivity index (χ3n) is 3.95. The van der Waals surface area contributed by atoms with Gasteiger partial charge >= 0.3 is 0 Å². The van der Waals surface area contributed by atoms with Crippen molar-refractivity contribution in [3.8, 4) is 5.88 Å². The Labute approximate surface area is 141 Å². The van der Waals surface area contributed by atoms with Crippen molar-refractivity contribution in [1.82, 2.24) is 9.97 Å². The maximum atomic E-state index is 10.3. The summed E-state index contributed by atoms with van der Waals surface area (Å²) in [5, 5.41) is 0.936. The van der Waals surface area contributed by atoms with Crippen LogP contribution in [0.2, 0.25) is 0 Å². The van der Waals surface area contributed by atoms with Gasteiger partial charge in [-0.1, -0.05) is 36.4 Å². The van der Waals surface area contributed by atoms with Crippen molar-refractivity contribution in [2.75, 3.05) is 6.61 Å². The molecule has 24 heavy (non-hydrogen) atoms. The van der Waals surface area contributed by atoms with Crippen LogP contribution in [0, 0.1) is 0 Å². The number of hydrogen-bond acceptors (Lipinski definition) is 4. The lowest BCUT2D eigenvalue weighted by Crippen LogP contribution is -2.03. The average Bonchev–Trinajstić information content (AvgIpc) is 2.63. The van der Waals surface area contributed by atoms with Gasteiger partial charge in [0.05, 0.1) is 17.5 Å². The fraction of sp³-hybridized carbons (Fsp3) is 0.250. The van der Waals surface area contributed by atoms with E-state index in [-0.39, 0.29) is 0 Å². The molecule has 2 aromatic carbocycles. The first-order valence-corrected chi connectivity index (χ1v) is 8.21. The Kier molecular flexibility index (Phi) is 5.51. The quantitative estimate of drug-likeness (QED) is 0.468. The molecule has 0 bridgehead atoms. The van der Waals surface area contributed by atoms with Crippen LogP contribution in [-0.4, -0.2) is 22.9 Å². The Morgan fingerprint density at radius 2 is 1.67 bits per heavy atom. The summed E-state index contributed by atoms with van der Waals surface area (Å²) in [6.07, 6.45) is 5.82. The third kappa shape index (κ3) is 4.16. The van der Waals surface area contributed by atoms with Gasteiger partial charge < -0.3 is 9.53 Å². The Morgan fingerprint density at radius 1 is 0.917 bits per heavy atom. The third-order valence-corrected chi connectivity index (χ3v) is 3.95. The largest absolute Gasteiger partial charge is 0.477 e. The molecule has 4 heteroatoms. The molecule has 0 fully saturated rings. The molecule has 0 saturated heterocycles. The number of carbonyl (C=O) groups excluding carboxylic acids is 1. The molecule has 0 unspecified atom stereocenters. The number of carbonyl (C=O) groups is 1. The molecule has 1 heterocycles. The Bertz CT molecular complexity index is 795.